The third-order valence-electron chi connectivity index (χ3n) is 3.87. The fraction of sp³-hybridized carbons (Fsp3) is 0.500. The van der Waals surface area contributed by atoms with E-state index in [-0.39, 0.29) is 0 Å². The normalized spacial score (nSPS) is 17.8. The molecule has 1 aromatic heterocycles. The van der Waals surface area contributed by atoms with Gasteiger partial charge in [-0.25, -0.2) is 4.98 Å². The minimum atomic E-state index is 0.657. The highest BCUT2D eigenvalue weighted by atomic mass is 32.1. The van der Waals surface area contributed by atoms with E-state index in [9.17, 15) is 0 Å². The van der Waals surface area contributed by atoms with Crippen molar-refractivity contribution >= 4 is 23.7 Å². The molecule has 1 aromatic carbocycles. The average molecular weight is 246 g/mol. The summed E-state index contributed by atoms with van der Waals surface area (Å²) in [5, 5.41) is 0. The van der Waals surface area contributed by atoms with E-state index in [0.29, 0.717) is 5.92 Å². The van der Waals surface area contributed by atoms with Crippen molar-refractivity contribution in [2.45, 2.75) is 42.9 Å². The SMILES string of the molecule is Cn1c(C2CCCCC2)nc2cc(S)ccc21. The molecule has 0 N–H and O–H groups in total. The predicted octanol–water partition coefficient (Wildman–Crippen LogP) is 3.91. The molecular formula is C14H18N2S. The van der Waals surface area contributed by atoms with E-state index in [0.717, 1.165) is 10.4 Å². The molecule has 0 radical (unpaired) electrons. The van der Waals surface area contributed by atoms with Crippen molar-refractivity contribution in [1.82, 2.24) is 9.55 Å². The Morgan fingerprint density at radius 1 is 1.24 bits per heavy atom. The van der Waals surface area contributed by atoms with Crippen LogP contribution in [0.25, 0.3) is 11.0 Å². The maximum atomic E-state index is 4.81. The molecule has 17 heavy (non-hydrogen) atoms. The van der Waals surface area contributed by atoms with Crippen molar-refractivity contribution in [2.75, 3.05) is 0 Å². The molecule has 3 rings (SSSR count). The summed E-state index contributed by atoms with van der Waals surface area (Å²) in [6.45, 7) is 0. The summed E-state index contributed by atoms with van der Waals surface area (Å²) >= 11 is 4.38. The first-order chi connectivity index (χ1) is 8.25. The Kier molecular flexibility index (Phi) is 2.87. The zero-order valence-electron chi connectivity index (χ0n) is 10.2. The lowest BCUT2D eigenvalue weighted by atomic mass is 9.89. The molecule has 0 atom stereocenters. The van der Waals surface area contributed by atoms with Crippen LogP contribution in [0.15, 0.2) is 23.1 Å². The number of aromatic nitrogens is 2. The van der Waals surface area contributed by atoms with Crippen LogP contribution in [0.2, 0.25) is 0 Å². The standard InChI is InChI=1S/C14H18N2S/c1-16-13-8-7-11(17)9-12(13)15-14(16)10-5-3-2-4-6-10/h7-10,17H,2-6H2,1H3. The van der Waals surface area contributed by atoms with Gasteiger partial charge < -0.3 is 4.57 Å². The summed E-state index contributed by atoms with van der Waals surface area (Å²) in [4.78, 5) is 5.80. The predicted molar refractivity (Wildman–Crippen MR) is 73.8 cm³/mol. The molecule has 0 saturated heterocycles. The van der Waals surface area contributed by atoms with E-state index < -0.39 is 0 Å². The van der Waals surface area contributed by atoms with Crippen molar-refractivity contribution in [3.63, 3.8) is 0 Å². The van der Waals surface area contributed by atoms with Crippen LogP contribution in [0.1, 0.15) is 43.8 Å². The number of hydrogen-bond donors (Lipinski definition) is 1. The molecule has 2 aromatic rings. The Balaban J connectivity index is 2.07. The number of rotatable bonds is 1. The van der Waals surface area contributed by atoms with E-state index >= 15 is 0 Å². The fourth-order valence-electron chi connectivity index (χ4n) is 2.93. The number of aryl methyl sites for hydroxylation is 1. The van der Waals surface area contributed by atoms with E-state index in [1.54, 1.807) is 0 Å². The second kappa shape index (κ2) is 4.37. The third kappa shape index (κ3) is 1.97. The lowest BCUT2D eigenvalue weighted by Crippen LogP contribution is -2.09. The van der Waals surface area contributed by atoms with Gasteiger partial charge in [-0.05, 0) is 31.0 Å². The highest BCUT2D eigenvalue weighted by Gasteiger charge is 2.20. The summed E-state index contributed by atoms with van der Waals surface area (Å²) in [7, 11) is 2.14. The summed E-state index contributed by atoms with van der Waals surface area (Å²) < 4.78 is 2.26. The van der Waals surface area contributed by atoms with Crippen LogP contribution >= 0.6 is 12.6 Å². The summed E-state index contributed by atoms with van der Waals surface area (Å²) in [5.74, 6) is 1.92. The molecule has 90 valence electrons. The van der Waals surface area contributed by atoms with Crippen molar-refractivity contribution in [3.05, 3.63) is 24.0 Å². The first-order valence-electron chi connectivity index (χ1n) is 6.41. The number of benzene rings is 1. The van der Waals surface area contributed by atoms with E-state index in [1.165, 1.54) is 43.4 Å². The average Bonchev–Trinajstić information content (AvgIpc) is 2.67. The number of nitrogens with zero attached hydrogens (tertiary/aromatic N) is 2. The summed E-state index contributed by atoms with van der Waals surface area (Å²) in [6.07, 6.45) is 6.69. The lowest BCUT2D eigenvalue weighted by Gasteiger charge is -2.20. The van der Waals surface area contributed by atoms with E-state index in [1.807, 2.05) is 6.07 Å². The van der Waals surface area contributed by atoms with Gasteiger partial charge in [-0.2, -0.15) is 0 Å². The lowest BCUT2D eigenvalue weighted by molar-refractivity contribution is 0.423. The highest BCUT2D eigenvalue weighted by Crippen LogP contribution is 2.33. The first-order valence-corrected chi connectivity index (χ1v) is 6.86. The summed E-state index contributed by atoms with van der Waals surface area (Å²) in [6, 6.07) is 6.22. The van der Waals surface area contributed by atoms with Crippen molar-refractivity contribution in [3.8, 4) is 0 Å². The maximum Gasteiger partial charge on any atom is 0.112 e. The fourth-order valence-corrected chi connectivity index (χ4v) is 3.13. The molecule has 0 aliphatic heterocycles. The Morgan fingerprint density at radius 3 is 2.76 bits per heavy atom. The van der Waals surface area contributed by atoms with Gasteiger partial charge in [0.15, 0.2) is 0 Å². The molecule has 2 nitrogen and oxygen atoms in total. The zero-order valence-corrected chi connectivity index (χ0v) is 11.1. The molecule has 0 spiro atoms. The molecule has 1 saturated carbocycles. The van der Waals surface area contributed by atoms with Crippen LogP contribution < -0.4 is 0 Å². The molecule has 1 aliphatic rings. The second-order valence-corrected chi connectivity index (χ2v) is 5.55. The van der Waals surface area contributed by atoms with Crippen LogP contribution in [-0.2, 0) is 7.05 Å². The number of hydrogen-bond acceptors (Lipinski definition) is 2. The molecule has 1 heterocycles. The smallest absolute Gasteiger partial charge is 0.112 e. The summed E-state index contributed by atoms with van der Waals surface area (Å²) in [5.41, 5.74) is 2.31. The van der Waals surface area contributed by atoms with Crippen LogP contribution in [-0.4, -0.2) is 9.55 Å². The number of fused-ring (bicyclic) bond motifs is 1. The molecule has 3 heteroatoms. The van der Waals surface area contributed by atoms with Gasteiger partial charge >= 0.3 is 0 Å². The zero-order chi connectivity index (χ0) is 11.8. The van der Waals surface area contributed by atoms with Gasteiger partial charge in [0.25, 0.3) is 0 Å². The Bertz CT molecular complexity index is 538. The molecular weight excluding hydrogens is 228 g/mol. The van der Waals surface area contributed by atoms with Gasteiger partial charge in [-0.1, -0.05) is 19.3 Å². The Morgan fingerprint density at radius 2 is 2.00 bits per heavy atom. The maximum absolute atomic E-state index is 4.81. The molecule has 0 bridgehead atoms. The van der Waals surface area contributed by atoms with Gasteiger partial charge in [0.1, 0.15) is 5.82 Å². The van der Waals surface area contributed by atoms with Gasteiger partial charge in [0.2, 0.25) is 0 Å². The minimum Gasteiger partial charge on any atom is -0.331 e. The quantitative estimate of drug-likeness (QED) is 0.755. The Hall–Kier alpha value is -0.960. The van der Waals surface area contributed by atoms with Gasteiger partial charge in [-0.3, -0.25) is 0 Å². The topological polar surface area (TPSA) is 17.8 Å². The second-order valence-electron chi connectivity index (χ2n) is 5.04. The van der Waals surface area contributed by atoms with Crippen LogP contribution in [0.3, 0.4) is 0 Å². The van der Waals surface area contributed by atoms with Crippen molar-refractivity contribution in [1.29, 1.82) is 0 Å². The Labute approximate surface area is 107 Å². The molecule has 1 aliphatic carbocycles. The first kappa shape index (κ1) is 11.1. The number of imidazole rings is 1. The highest BCUT2D eigenvalue weighted by molar-refractivity contribution is 7.80. The van der Waals surface area contributed by atoms with E-state index in [4.69, 9.17) is 4.98 Å². The van der Waals surface area contributed by atoms with Crippen LogP contribution in [0.5, 0.6) is 0 Å². The van der Waals surface area contributed by atoms with Crippen molar-refractivity contribution in [2.24, 2.45) is 7.05 Å². The largest absolute Gasteiger partial charge is 0.331 e. The number of thiol groups is 1. The minimum absolute atomic E-state index is 0.657. The molecule has 1 fully saturated rings. The monoisotopic (exact) mass is 246 g/mol. The van der Waals surface area contributed by atoms with Crippen molar-refractivity contribution < 1.29 is 0 Å². The van der Waals surface area contributed by atoms with Crippen LogP contribution in [0, 0.1) is 0 Å². The van der Waals surface area contributed by atoms with Gasteiger partial charge in [0, 0.05) is 17.9 Å². The van der Waals surface area contributed by atoms with Crippen LogP contribution in [0.4, 0.5) is 0 Å². The van der Waals surface area contributed by atoms with E-state index in [2.05, 4.69) is 36.4 Å². The van der Waals surface area contributed by atoms with Gasteiger partial charge in [0.05, 0.1) is 11.0 Å². The third-order valence-corrected chi connectivity index (χ3v) is 4.15. The molecule has 0 amide bonds. The van der Waals surface area contributed by atoms with Gasteiger partial charge in [-0.15, -0.1) is 12.6 Å². The molecule has 0 unspecified atom stereocenters.